The van der Waals surface area contributed by atoms with Gasteiger partial charge in [-0.15, -0.1) is 11.3 Å². The lowest BCUT2D eigenvalue weighted by Gasteiger charge is -2.18. The number of carboxylic acid groups (broad SMARTS) is 1. The van der Waals surface area contributed by atoms with Crippen LogP contribution < -0.4 is 10.2 Å². The fraction of sp³-hybridized carbons (Fsp3) is 0.278. The summed E-state index contributed by atoms with van der Waals surface area (Å²) in [7, 11) is 0. The van der Waals surface area contributed by atoms with E-state index in [1.54, 1.807) is 6.92 Å². The summed E-state index contributed by atoms with van der Waals surface area (Å²) >= 11 is 1.18. The molecule has 2 N–H and O–H groups in total. The lowest BCUT2D eigenvalue weighted by atomic mass is 10.2. The molecule has 1 fully saturated rings. The van der Waals surface area contributed by atoms with Gasteiger partial charge in [0.2, 0.25) is 0 Å². The van der Waals surface area contributed by atoms with E-state index >= 15 is 0 Å². The van der Waals surface area contributed by atoms with Crippen LogP contribution in [0.1, 0.15) is 28.1 Å². The second kappa shape index (κ2) is 6.33. The smallest absolute Gasteiger partial charge is 0.346 e. The van der Waals surface area contributed by atoms with Crippen molar-refractivity contribution >= 4 is 44.7 Å². The number of hydrogen-bond donors (Lipinski definition) is 2. The maximum absolute atomic E-state index is 11.4. The van der Waals surface area contributed by atoms with Crippen molar-refractivity contribution < 1.29 is 9.90 Å². The minimum absolute atomic E-state index is 0.308. The van der Waals surface area contributed by atoms with Gasteiger partial charge >= 0.3 is 5.97 Å². The van der Waals surface area contributed by atoms with E-state index in [1.165, 1.54) is 36.2 Å². The first-order valence-electron chi connectivity index (χ1n) is 8.23. The Morgan fingerprint density at radius 3 is 2.60 bits per heavy atom. The van der Waals surface area contributed by atoms with Crippen LogP contribution >= 0.6 is 11.3 Å². The average molecular weight is 354 g/mol. The number of aromatic nitrogens is 2. The molecule has 0 aliphatic carbocycles. The zero-order valence-corrected chi connectivity index (χ0v) is 14.6. The van der Waals surface area contributed by atoms with Crippen molar-refractivity contribution in [3.63, 3.8) is 0 Å². The van der Waals surface area contributed by atoms with E-state index in [4.69, 9.17) is 0 Å². The van der Waals surface area contributed by atoms with Gasteiger partial charge in [0, 0.05) is 24.5 Å². The Labute approximate surface area is 149 Å². The molecule has 0 bridgehead atoms. The molecule has 25 heavy (non-hydrogen) atoms. The van der Waals surface area contributed by atoms with Gasteiger partial charge in [-0.1, -0.05) is 0 Å². The second-order valence-electron chi connectivity index (χ2n) is 6.13. The third-order valence-electron chi connectivity index (χ3n) is 4.52. The van der Waals surface area contributed by atoms with Gasteiger partial charge in [0.1, 0.15) is 21.9 Å². The number of carboxylic acids is 1. The zero-order chi connectivity index (χ0) is 17.4. The fourth-order valence-electron chi connectivity index (χ4n) is 3.24. The van der Waals surface area contributed by atoms with Gasteiger partial charge in [-0.25, -0.2) is 14.8 Å². The normalized spacial score (nSPS) is 14.2. The first-order valence-corrected chi connectivity index (χ1v) is 9.04. The molecule has 4 rings (SSSR count). The minimum Gasteiger partial charge on any atom is -0.477 e. The number of aryl methyl sites for hydroxylation is 1. The monoisotopic (exact) mass is 354 g/mol. The number of nitrogens with zero attached hydrogens (tertiary/aromatic N) is 3. The topological polar surface area (TPSA) is 78.3 Å². The molecule has 0 spiro atoms. The molecule has 128 valence electrons. The van der Waals surface area contributed by atoms with Crippen LogP contribution in [0.2, 0.25) is 0 Å². The standard InChI is InChI=1S/C18H18N4O2S/c1-11-14-16(19-10-20-17(14)25-15(11)18(23)24)21-12-4-6-13(7-5-12)22-8-2-3-9-22/h4-7,10H,2-3,8-9H2,1H3,(H,23,24)(H,19,20,21). The number of benzene rings is 1. The van der Waals surface area contributed by atoms with E-state index < -0.39 is 5.97 Å². The first-order chi connectivity index (χ1) is 12.1. The summed E-state index contributed by atoms with van der Waals surface area (Å²) in [5.74, 6) is -0.290. The molecule has 3 aromatic rings. The van der Waals surface area contributed by atoms with Gasteiger partial charge in [-0.05, 0) is 49.6 Å². The van der Waals surface area contributed by atoms with E-state index in [-0.39, 0.29) is 0 Å². The SMILES string of the molecule is Cc1c(C(=O)O)sc2ncnc(Nc3ccc(N4CCCC4)cc3)c12. The summed E-state index contributed by atoms with van der Waals surface area (Å²) in [5, 5.41) is 13.4. The third-order valence-corrected chi connectivity index (χ3v) is 5.71. The highest BCUT2D eigenvalue weighted by molar-refractivity contribution is 7.20. The summed E-state index contributed by atoms with van der Waals surface area (Å²) in [5.41, 5.74) is 2.85. The average Bonchev–Trinajstić information content (AvgIpc) is 3.24. The van der Waals surface area contributed by atoms with Gasteiger partial charge in [0.25, 0.3) is 0 Å². The summed E-state index contributed by atoms with van der Waals surface area (Å²) in [4.78, 5) is 23.3. The lowest BCUT2D eigenvalue weighted by Crippen LogP contribution is -2.17. The van der Waals surface area contributed by atoms with Crippen LogP contribution in [0, 0.1) is 6.92 Å². The van der Waals surface area contributed by atoms with E-state index in [2.05, 4.69) is 32.3 Å². The number of anilines is 3. The molecular weight excluding hydrogens is 336 g/mol. The van der Waals surface area contributed by atoms with Crippen molar-refractivity contribution in [3.05, 3.63) is 41.0 Å². The summed E-state index contributed by atoms with van der Waals surface area (Å²) < 4.78 is 0. The highest BCUT2D eigenvalue weighted by Crippen LogP contribution is 2.34. The maximum atomic E-state index is 11.4. The van der Waals surface area contributed by atoms with Crippen molar-refractivity contribution in [1.82, 2.24) is 9.97 Å². The molecule has 0 amide bonds. The molecule has 0 unspecified atom stereocenters. The predicted molar refractivity (Wildman–Crippen MR) is 100 cm³/mol. The number of carbonyl (C=O) groups is 1. The molecule has 6 nitrogen and oxygen atoms in total. The van der Waals surface area contributed by atoms with Crippen LogP contribution in [0.15, 0.2) is 30.6 Å². The quantitative estimate of drug-likeness (QED) is 0.736. The molecule has 2 aromatic heterocycles. The summed E-state index contributed by atoms with van der Waals surface area (Å²) in [6.07, 6.45) is 3.97. The first kappa shape index (κ1) is 15.8. The number of nitrogens with one attached hydrogen (secondary N) is 1. The fourth-order valence-corrected chi connectivity index (χ4v) is 4.23. The van der Waals surface area contributed by atoms with Crippen molar-refractivity contribution in [2.75, 3.05) is 23.3 Å². The highest BCUT2D eigenvalue weighted by Gasteiger charge is 2.19. The predicted octanol–water partition coefficient (Wildman–Crippen LogP) is 4.04. The Morgan fingerprint density at radius 2 is 1.92 bits per heavy atom. The highest BCUT2D eigenvalue weighted by atomic mass is 32.1. The maximum Gasteiger partial charge on any atom is 0.346 e. The Morgan fingerprint density at radius 1 is 1.20 bits per heavy atom. The van der Waals surface area contributed by atoms with E-state index in [9.17, 15) is 9.90 Å². The molecule has 0 radical (unpaired) electrons. The Balaban J connectivity index is 1.65. The summed E-state index contributed by atoms with van der Waals surface area (Å²) in [6, 6.07) is 8.27. The molecule has 0 atom stereocenters. The van der Waals surface area contributed by atoms with Crippen LogP contribution in [0.5, 0.6) is 0 Å². The number of rotatable bonds is 4. The summed E-state index contributed by atoms with van der Waals surface area (Å²) in [6.45, 7) is 4.03. The molecule has 3 heterocycles. The number of fused-ring (bicyclic) bond motifs is 1. The van der Waals surface area contributed by atoms with Crippen molar-refractivity contribution in [2.45, 2.75) is 19.8 Å². The number of aromatic carboxylic acids is 1. The van der Waals surface area contributed by atoms with Gasteiger partial charge in [0.15, 0.2) is 0 Å². The van der Waals surface area contributed by atoms with E-state index in [0.29, 0.717) is 21.1 Å². The van der Waals surface area contributed by atoms with Crippen molar-refractivity contribution in [1.29, 1.82) is 0 Å². The molecule has 1 aliphatic heterocycles. The van der Waals surface area contributed by atoms with Crippen LogP contribution in [-0.2, 0) is 0 Å². The minimum atomic E-state index is -0.929. The van der Waals surface area contributed by atoms with Crippen LogP contribution in [0.4, 0.5) is 17.2 Å². The zero-order valence-electron chi connectivity index (χ0n) is 13.8. The van der Waals surface area contributed by atoms with Crippen molar-refractivity contribution in [3.8, 4) is 0 Å². The van der Waals surface area contributed by atoms with E-state index in [0.717, 1.165) is 24.2 Å². The molecule has 1 aromatic carbocycles. The van der Waals surface area contributed by atoms with Crippen molar-refractivity contribution in [2.24, 2.45) is 0 Å². The van der Waals surface area contributed by atoms with Crippen LogP contribution in [0.3, 0.4) is 0 Å². The largest absolute Gasteiger partial charge is 0.477 e. The molecule has 0 saturated carbocycles. The molecule has 1 saturated heterocycles. The second-order valence-corrected chi connectivity index (χ2v) is 7.13. The van der Waals surface area contributed by atoms with Gasteiger partial charge < -0.3 is 15.3 Å². The van der Waals surface area contributed by atoms with Crippen LogP contribution in [0.25, 0.3) is 10.2 Å². The Hall–Kier alpha value is -2.67. The van der Waals surface area contributed by atoms with Gasteiger partial charge in [0.05, 0.1) is 5.39 Å². The molecule has 7 heteroatoms. The molecule has 1 aliphatic rings. The Bertz CT molecular complexity index is 930. The number of hydrogen-bond acceptors (Lipinski definition) is 6. The molecular formula is C18H18N4O2S. The Kier molecular flexibility index (Phi) is 4.01. The number of thiophene rings is 1. The van der Waals surface area contributed by atoms with E-state index in [1.807, 2.05) is 12.1 Å². The van der Waals surface area contributed by atoms with Gasteiger partial charge in [-0.2, -0.15) is 0 Å². The third kappa shape index (κ3) is 2.91. The van der Waals surface area contributed by atoms with Crippen LogP contribution in [-0.4, -0.2) is 34.1 Å². The lowest BCUT2D eigenvalue weighted by molar-refractivity contribution is 0.0701. The van der Waals surface area contributed by atoms with Gasteiger partial charge in [-0.3, -0.25) is 0 Å².